The van der Waals surface area contributed by atoms with Crippen LogP contribution in [0.1, 0.15) is 16.1 Å². The third-order valence-corrected chi connectivity index (χ3v) is 5.38. The highest BCUT2D eigenvalue weighted by atomic mass is 16.5. The Balaban J connectivity index is 1.50. The largest absolute Gasteiger partial charge is 0.488 e. The van der Waals surface area contributed by atoms with Crippen molar-refractivity contribution in [3.63, 3.8) is 0 Å². The van der Waals surface area contributed by atoms with Crippen molar-refractivity contribution in [3.05, 3.63) is 72.8 Å². The maximum atomic E-state index is 13.1. The minimum atomic E-state index is -0.355. The second-order valence-electron chi connectivity index (χ2n) is 7.57. The molecule has 1 aromatic carbocycles. The van der Waals surface area contributed by atoms with Gasteiger partial charge in [0.15, 0.2) is 17.2 Å². The van der Waals surface area contributed by atoms with E-state index in [2.05, 4.69) is 31.8 Å². The molecule has 0 bridgehead atoms. The van der Waals surface area contributed by atoms with E-state index >= 15 is 0 Å². The second-order valence-corrected chi connectivity index (χ2v) is 7.57. The number of nitrogens with one attached hydrogen (secondary N) is 2. The number of hydrogen-bond acceptors (Lipinski definition) is 7. The SMILES string of the molecule is C=CC(=O)Nc1cccc(C(=O)c2cnc3[nH]cc(-c4cnc5c(c4)OCCN5C)c3n2)c1. The number of ketones is 1. The van der Waals surface area contributed by atoms with Crippen molar-refractivity contribution in [2.45, 2.75) is 0 Å². The van der Waals surface area contributed by atoms with Gasteiger partial charge in [0.1, 0.15) is 17.8 Å². The Morgan fingerprint density at radius 2 is 2.12 bits per heavy atom. The molecule has 0 fully saturated rings. The van der Waals surface area contributed by atoms with E-state index in [1.165, 1.54) is 12.3 Å². The van der Waals surface area contributed by atoms with E-state index in [0.717, 1.165) is 23.5 Å². The van der Waals surface area contributed by atoms with Gasteiger partial charge in [-0.1, -0.05) is 18.7 Å². The number of nitrogens with zero attached hydrogens (tertiary/aromatic N) is 4. The zero-order chi connectivity index (χ0) is 22.9. The summed E-state index contributed by atoms with van der Waals surface area (Å²) in [5.74, 6) is 0.829. The van der Waals surface area contributed by atoms with Gasteiger partial charge in [-0.15, -0.1) is 0 Å². The fourth-order valence-corrected chi connectivity index (χ4v) is 3.68. The molecule has 1 aliphatic rings. The number of fused-ring (bicyclic) bond motifs is 2. The minimum absolute atomic E-state index is 0.192. The van der Waals surface area contributed by atoms with Crippen molar-refractivity contribution in [1.82, 2.24) is 19.9 Å². The zero-order valence-electron chi connectivity index (χ0n) is 17.8. The molecule has 1 aliphatic heterocycles. The number of aromatic amines is 1. The van der Waals surface area contributed by atoms with E-state index in [9.17, 15) is 9.59 Å². The van der Waals surface area contributed by atoms with Crippen LogP contribution in [-0.4, -0.2) is 51.8 Å². The van der Waals surface area contributed by atoms with Crippen molar-refractivity contribution in [2.75, 3.05) is 30.4 Å². The molecule has 0 saturated carbocycles. The maximum Gasteiger partial charge on any atom is 0.247 e. The van der Waals surface area contributed by atoms with Crippen LogP contribution in [0.3, 0.4) is 0 Å². The van der Waals surface area contributed by atoms with Gasteiger partial charge in [0.2, 0.25) is 11.7 Å². The fourth-order valence-electron chi connectivity index (χ4n) is 3.68. The smallest absolute Gasteiger partial charge is 0.247 e. The minimum Gasteiger partial charge on any atom is -0.488 e. The molecular formula is C24H20N6O3. The second kappa shape index (κ2) is 8.19. The van der Waals surface area contributed by atoms with Gasteiger partial charge in [0.05, 0.1) is 12.7 Å². The summed E-state index contributed by atoms with van der Waals surface area (Å²) in [4.78, 5) is 43.3. The van der Waals surface area contributed by atoms with E-state index < -0.39 is 0 Å². The monoisotopic (exact) mass is 440 g/mol. The zero-order valence-corrected chi connectivity index (χ0v) is 17.8. The lowest BCUT2D eigenvalue weighted by molar-refractivity contribution is -0.111. The highest BCUT2D eigenvalue weighted by Crippen LogP contribution is 2.34. The average molecular weight is 440 g/mol. The standard InChI is InChI=1S/C24H20N6O3/c1-3-20(31)28-16-6-4-5-14(9-16)22(32)18-13-26-23-21(29-18)17(12-25-23)15-10-19-24(27-11-15)30(2)7-8-33-19/h3-6,9-13H,1,7-8H2,2H3,(H,25,26)(H,28,31). The Morgan fingerprint density at radius 3 is 2.97 bits per heavy atom. The number of likely N-dealkylation sites (N-methyl/N-ethyl adjacent to an activating group) is 1. The van der Waals surface area contributed by atoms with Gasteiger partial charge in [0, 0.05) is 41.8 Å². The normalized spacial score (nSPS) is 12.7. The fraction of sp³-hybridized carbons (Fsp3) is 0.125. The van der Waals surface area contributed by atoms with E-state index in [1.807, 2.05) is 18.0 Å². The molecule has 1 amide bonds. The van der Waals surface area contributed by atoms with Gasteiger partial charge in [-0.05, 0) is 24.3 Å². The average Bonchev–Trinajstić information content (AvgIpc) is 3.27. The Bertz CT molecular complexity index is 1410. The summed E-state index contributed by atoms with van der Waals surface area (Å²) < 4.78 is 5.77. The number of H-pyrrole nitrogens is 1. The van der Waals surface area contributed by atoms with Crippen LogP contribution in [-0.2, 0) is 4.79 Å². The first kappa shape index (κ1) is 20.4. The summed E-state index contributed by atoms with van der Waals surface area (Å²) in [5.41, 5.74) is 3.76. The Hall–Kier alpha value is -4.53. The molecule has 5 rings (SSSR count). The van der Waals surface area contributed by atoms with Crippen molar-refractivity contribution in [3.8, 4) is 16.9 Å². The Labute approximate surface area is 189 Å². The van der Waals surface area contributed by atoms with Crippen LogP contribution < -0.4 is 15.0 Å². The first-order chi connectivity index (χ1) is 16.0. The van der Waals surface area contributed by atoms with Gasteiger partial charge in [0.25, 0.3) is 0 Å². The van der Waals surface area contributed by atoms with Crippen molar-refractivity contribution >= 4 is 34.4 Å². The van der Waals surface area contributed by atoms with Crippen LogP contribution in [0.5, 0.6) is 5.75 Å². The number of rotatable bonds is 5. The summed E-state index contributed by atoms with van der Waals surface area (Å²) >= 11 is 0. The number of carbonyl (C=O) groups excluding carboxylic acids is 2. The summed E-state index contributed by atoms with van der Waals surface area (Å²) in [6.07, 6.45) is 6.15. The number of carbonyl (C=O) groups is 2. The first-order valence-electron chi connectivity index (χ1n) is 10.3. The lowest BCUT2D eigenvalue weighted by atomic mass is 10.1. The third-order valence-electron chi connectivity index (χ3n) is 5.38. The van der Waals surface area contributed by atoms with Gasteiger partial charge in [-0.25, -0.2) is 15.0 Å². The number of amides is 1. The number of anilines is 2. The van der Waals surface area contributed by atoms with E-state index in [-0.39, 0.29) is 17.4 Å². The van der Waals surface area contributed by atoms with Crippen LogP contribution >= 0.6 is 0 Å². The molecule has 0 unspecified atom stereocenters. The molecule has 0 atom stereocenters. The Morgan fingerprint density at radius 1 is 1.24 bits per heavy atom. The topological polar surface area (TPSA) is 113 Å². The molecule has 0 spiro atoms. The third kappa shape index (κ3) is 3.80. The highest BCUT2D eigenvalue weighted by Gasteiger charge is 2.20. The van der Waals surface area contributed by atoms with Crippen molar-refractivity contribution in [1.29, 1.82) is 0 Å². The molecule has 9 heteroatoms. The lowest BCUT2D eigenvalue weighted by Gasteiger charge is -2.26. The van der Waals surface area contributed by atoms with Gasteiger partial charge in [-0.3, -0.25) is 9.59 Å². The molecule has 33 heavy (non-hydrogen) atoms. The van der Waals surface area contributed by atoms with Crippen LogP contribution in [0, 0.1) is 0 Å². The molecule has 4 heterocycles. The van der Waals surface area contributed by atoms with Crippen LogP contribution in [0.4, 0.5) is 11.5 Å². The van der Waals surface area contributed by atoms with Crippen LogP contribution in [0.2, 0.25) is 0 Å². The number of ether oxygens (including phenoxy) is 1. The quantitative estimate of drug-likeness (QED) is 0.362. The molecule has 3 aromatic heterocycles. The van der Waals surface area contributed by atoms with Crippen molar-refractivity contribution in [2.24, 2.45) is 0 Å². The predicted molar refractivity (Wildman–Crippen MR) is 125 cm³/mol. The van der Waals surface area contributed by atoms with Gasteiger partial charge < -0.3 is 19.9 Å². The van der Waals surface area contributed by atoms with E-state index in [0.29, 0.717) is 34.8 Å². The number of hydrogen-bond donors (Lipinski definition) is 2. The number of benzene rings is 1. The molecule has 2 N–H and O–H groups in total. The predicted octanol–water partition coefficient (Wildman–Crippen LogP) is 3.20. The Kier molecular flexibility index (Phi) is 5.06. The molecule has 9 nitrogen and oxygen atoms in total. The van der Waals surface area contributed by atoms with Crippen LogP contribution in [0.15, 0.2) is 61.6 Å². The number of aromatic nitrogens is 4. The lowest BCUT2D eigenvalue weighted by Crippen LogP contribution is -2.29. The summed E-state index contributed by atoms with van der Waals surface area (Å²) in [6.45, 7) is 4.80. The molecule has 0 radical (unpaired) electrons. The first-order valence-corrected chi connectivity index (χ1v) is 10.3. The molecule has 0 saturated heterocycles. The van der Waals surface area contributed by atoms with E-state index in [1.54, 1.807) is 36.7 Å². The maximum absolute atomic E-state index is 13.1. The molecular weight excluding hydrogens is 420 g/mol. The van der Waals surface area contributed by atoms with Gasteiger partial charge in [-0.2, -0.15) is 0 Å². The van der Waals surface area contributed by atoms with Gasteiger partial charge >= 0.3 is 0 Å². The summed E-state index contributed by atoms with van der Waals surface area (Å²) in [5, 5.41) is 2.65. The van der Waals surface area contributed by atoms with Crippen LogP contribution in [0.25, 0.3) is 22.3 Å². The molecule has 0 aliphatic carbocycles. The summed E-state index contributed by atoms with van der Waals surface area (Å²) in [7, 11) is 1.97. The number of pyridine rings is 1. The van der Waals surface area contributed by atoms with E-state index in [4.69, 9.17) is 4.74 Å². The molecule has 164 valence electrons. The molecule has 4 aromatic rings. The highest BCUT2D eigenvalue weighted by molar-refractivity contribution is 6.09. The van der Waals surface area contributed by atoms with Crippen molar-refractivity contribution < 1.29 is 14.3 Å². The summed E-state index contributed by atoms with van der Waals surface area (Å²) in [6, 6.07) is 8.56.